The molecular formula is C18H18F2N2O3. The molecule has 0 bridgehead atoms. The lowest BCUT2D eigenvalue weighted by Gasteiger charge is -2.06. The number of amides is 1. The van der Waals surface area contributed by atoms with Crippen LogP contribution in [-0.4, -0.2) is 30.0 Å². The van der Waals surface area contributed by atoms with Crippen molar-refractivity contribution in [3.8, 4) is 0 Å². The molecule has 2 N–H and O–H groups in total. The number of benzene rings is 1. The summed E-state index contributed by atoms with van der Waals surface area (Å²) >= 11 is 0. The minimum Gasteiger partial charge on any atom is -0.465 e. The Morgan fingerprint density at radius 2 is 2.00 bits per heavy atom. The molecule has 25 heavy (non-hydrogen) atoms. The number of aromatic amines is 1. The number of carbonyl (C=O) groups excluding carboxylic acids is 2. The molecule has 3 rings (SSSR count). The van der Waals surface area contributed by atoms with Crippen LogP contribution in [0.5, 0.6) is 0 Å². The molecule has 0 radical (unpaired) electrons. The largest absolute Gasteiger partial charge is 0.465 e. The third kappa shape index (κ3) is 3.14. The van der Waals surface area contributed by atoms with Crippen molar-refractivity contribution in [2.45, 2.75) is 32.2 Å². The first-order valence-corrected chi connectivity index (χ1v) is 7.86. The molecule has 1 aromatic heterocycles. The van der Waals surface area contributed by atoms with Crippen LogP contribution in [0.1, 0.15) is 50.0 Å². The summed E-state index contributed by atoms with van der Waals surface area (Å²) < 4.78 is 31.5. The van der Waals surface area contributed by atoms with E-state index in [1.165, 1.54) is 19.2 Å². The van der Waals surface area contributed by atoms with Crippen LogP contribution in [0.2, 0.25) is 0 Å². The first-order chi connectivity index (χ1) is 11.8. The van der Waals surface area contributed by atoms with E-state index < -0.39 is 17.6 Å². The topological polar surface area (TPSA) is 71.2 Å². The van der Waals surface area contributed by atoms with E-state index in [2.05, 4.69) is 10.3 Å². The number of aromatic nitrogens is 1. The second kappa shape index (κ2) is 6.31. The molecule has 0 aliphatic heterocycles. The second-order valence-electron chi connectivity index (χ2n) is 6.20. The zero-order valence-corrected chi connectivity index (χ0v) is 14.1. The van der Waals surface area contributed by atoms with Crippen molar-refractivity contribution >= 4 is 11.9 Å². The van der Waals surface area contributed by atoms with Gasteiger partial charge >= 0.3 is 5.97 Å². The summed E-state index contributed by atoms with van der Waals surface area (Å²) in [6.45, 7) is 3.35. The van der Waals surface area contributed by atoms with Gasteiger partial charge in [0.1, 0.15) is 17.3 Å². The fourth-order valence-electron chi connectivity index (χ4n) is 3.13. The first-order valence-electron chi connectivity index (χ1n) is 7.86. The number of halogens is 2. The van der Waals surface area contributed by atoms with E-state index >= 15 is 0 Å². The number of nitrogens with one attached hydrogen (secondary N) is 2. The Kier molecular flexibility index (Phi) is 4.32. The quantitative estimate of drug-likeness (QED) is 0.835. The first kappa shape index (κ1) is 17.1. The maximum atomic E-state index is 13.8. The maximum Gasteiger partial charge on any atom is 0.339 e. The van der Waals surface area contributed by atoms with E-state index in [9.17, 15) is 18.4 Å². The van der Waals surface area contributed by atoms with Crippen LogP contribution in [-0.2, 0) is 4.74 Å². The van der Waals surface area contributed by atoms with Crippen LogP contribution in [0, 0.1) is 25.5 Å². The van der Waals surface area contributed by atoms with Gasteiger partial charge in [0, 0.05) is 23.7 Å². The molecule has 1 heterocycles. The SMILES string of the molecule is COC(=O)c1c(C)[nH]c(C(=O)N[C@H]2C[C@H]2c2ccc(F)cc2F)c1C. The Morgan fingerprint density at radius 1 is 1.28 bits per heavy atom. The van der Waals surface area contributed by atoms with Crippen LogP contribution >= 0.6 is 0 Å². The van der Waals surface area contributed by atoms with Gasteiger partial charge in [0.15, 0.2) is 0 Å². The molecule has 1 aliphatic carbocycles. The summed E-state index contributed by atoms with van der Waals surface area (Å²) in [5.74, 6) is -2.30. The molecule has 7 heteroatoms. The number of ether oxygens (including phenoxy) is 1. The van der Waals surface area contributed by atoms with Gasteiger partial charge in [-0.1, -0.05) is 6.07 Å². The van der Waals surface area contributed by atoms with Crippen molar-refractivity contribution in [3.05, 3.63) is 57.9 Å². The lowest BCUT2D eigenvalue weighted by molar-refractivity contribution is 0.0599. The normalized spacial score (nSPS) is 18.8. The number of hydrogen-bond acceptors (Lipinski definition) is 3. The monoisotopic (exact) mass is 348 g/mol. The van der Waals surface area contributed by atoms with Crippen LogP contribution in [0.3, 0.4) is 0 Å². The maximum absolute atomic E-state index is 13.8. The van der Waals surface area contributed by atoms with Crippen molar-refractivity contribution in [1.82, 2.24) is 10.3 Å². The Balaban J connectivity index is 1.73. The van der Waals surface area contributed by atoms with Gasteiger partial charge in [0.05, 0.1) is 12.7 Å². The van der Waals surface area contributed by atoms with Crippen LogP contribution in [0.15, 0.2) is 18.2 Å². The number of hydrogen-bond donors (Lipinski definition) is 2. The number of esters is 1. The van der Waals surface area contributed by atoms with Gasteiger partial charge in [0.2, 0.25) is 0 Å². The van der Waals surface area contributed by atoms with Gasteiger partial charge < -0.3 is 15.0 Å². The Labute approximate surface area is 143 Å². The fourth-order valence-corrected chi connectivity index (χ4v) is 3.13. The van der Waals surface area contributed by atoms with Gasteiger partial charge in [-0.3, -0.25) is 4.79 Å². The van der Waals surface area contributed by atoms with E-state index in [0.717, 1.165) is 6.07 Å². The van der Waals surface area contributed by atoms with Crippen LogP contribution in [0.4, 0.5) is 8.78 Å². The summed E-state index contributed by atoms with van der Waals surface area (Å²) in [5.41, 5.74) is 2.06. The van der Waals surface area contributed by atoms with Gasteiger partial charge in [0.25, 0.3) is 5.91 Å². The van der Waals surface area contributed by atoms with E-state index in [-0.39, 0.29) is 23.6 Å². The van der Waals surface area contributed by atoms with Gasteiger partial charge in [-0.15, -0.1) is 0 Å². The number of carbonyl (C=O) groups is 2. The molecule has 1 fully saturated rings. The summed E-state index contributed by atoms with van der Waals surface area (Å²) in [5, 5.41) is 2.82. The molecule has 2 aromatic rings. The Bertz CT molecular complexity index is 860. The zero-order chi connectivity index (χ0) is 18.3. The lowest BCUT2D eigenvalue weighted by atomic mass is 10.1. The highest BCUT2D eigenvalue weighted by molar-refractivity contribution is 6.00. The number of aryl methyl sites for hydroxylation is 1. The highest BCUT2D eigenvalue weighted by Crippen LogP contribution is 2.42. The van der Waals surface area contributed by atoms with Gasteiger partial charge in [-0.2, -0.15) is 0 Å². The average molecular weight is 348 g/mol. The molecule has 132 valence electrons. The molecule has 0 spiro atoms. The molecule has 0 unspecified atom stereocenters. The predicted molar refractivity (Wildman–Crippen MR) is 86.6 cm³/mol. The molecule has 2 atom stereocenters. The summed E-state index contributed by atoms with van der Waals surface area (Å²) in [6, 6.07) is 3.22. The third-order valence-electron chi connectivity index (χ3n) is 4.52. The molecule has 1 saturated carbocycles. The minimum absolute atomic E-state index is 0.180. The highest BCUT2D eigenvalue weighted by Gasteiger charge is 2.41. The minimum atomic E-state index is -0.629. The molecule has 1 aliphatic rings. The van der Waals surface area contributed by atoms with Gasteiger partial charge in [-0.05, 0) is 37.5 Å². The van der Waals surface area contributed by atoms with Crippen molar-refractivity contribution in [3.63, 3.8) is 0 Å². The van der Waals surface area contributed by atoms with E-state index in [0.29, 0.717) is 28.8 Å². The highest BCUT2D eigenvalue weighted by atomic mass is 19.1. The number of H-pyrrole nitrogens is 1. The van der Waals surface area contributed by atoms with E-state index in [1.807, 2.05) is 0 Å². The number of rotatable bonds is 4. The molecular weight excluding hydrogens is 330 g/mol. The Morgan fingerprint density at radius 3 is 2.64 bits per heavy atom. The van der Waals surface area contributed by atoms with Crippen molar-refractivity contribution in [2.24, 2.45) is 0 Å². The predicted octanol–water partition coefficient (Wildman–Crippen LogP) is 2.98. The second-order valence-corrected chi connectivity index (χ2v) is 6.20. The van der Waals surface area contributed by atoms with Crippen molar-refractivity contribution in [2.75, 3.05) is 7.11 Å². The summed E-state index contributed by atoms with van der Waals surface area (Å²) in [4.78, 5) is 27.1. The average Bonchev–Trinajstić information content (AvgIpc) is 3.23. The Hall–Kier alpha value is -2.70. The van der Waals surface area contributed by atoms with Crippen molar-refractivity contribution in [1.29, 1.82) is 0 Å². The fraction of sp³-hybridized carbons (Fsp3) is 0.333. The third-order valence-corrected chi connectivity index (χ3v) is 4.52. The molecule has 5 nitrogen and oxygen atoms in total. The summed E-state index contributed by atoms with van der Waals surface area (Å²) in [6.07, 6.45) is 0.580. The van der Waals surface area contributed by atoms with Gasteiger partial charge in [-0.25, -0.2) is 13.6 Å². The lowest BCUT2D eigenvalue weighted by Crippen LogP contribution is -2.27. The van der Waals surface area contributed by atoms with E-state index in [1.54, 1.807) is 13.8 Å². The zero-order valence-electron chi connectivity index (χ0n) is 14.1. The molecule has 1 aromatic carbocycles. The van der Waals surface area contributed by atoms with Crippen LogP contribution < -0.4 is 5.32 Å². The molecule has 0 saturated heterocycles. The smallest absolute Gasteiger partial charge is 0.339 e. The molecule has 1 amide bonds. The number of methoxy groups -OCH3 is 1. The van der Waals surface area contributed by atoms with E-state index in [4.69, 9.17) is 4.74 Å². The van der Waals surface area contributed by atoms with Crippen molar-refractivity contribution < 1.29 is 23.1 Å². The standard InChI is InChI=1S/C18H18F2N2O3/c1-8-15(18(24)25-3)9(2)21-16(8)17(23)22-14-7-12(14)11-5-4-10(19)6-13(11)20/h4-6,12,14,21H,7H2,1-3H3,(H,22,23)/t12-,14-/m0/s1. The van der Waals surface area contributed by atoms with Crippen LogP contribution in [0.25, 0.3) is 0 Å². The summed E-state index contributed by atoms with van der Waals surface area (Å²) in [7, 11) is 1.28.